The van der Waals surface area contributed by atoms with Crippen molar-refractivity contribution in [3.63, 3.8) is 0 Å². The van der Waals surface area contributed by atoms with Gasteiger partial charge in [0, 0.05) is 43.8 Å². The summed E-state index contributed by atoms with van der Waals surface area (Å²) in [4.78, 5) is 22.9. The Labute approximate surface area is 193 Å². The monoisotopic (exact) mass is 455 g/mol. The molecule has 164 valence electrons. The van der Waals surface area contributed by atoms with Crippen LogP contribution in [0, 0.1) is 6.92 Å². The summed E-state index contributed by atoms with van der Waals surface area (Å²) in [5.74, 6) is 0.962. The number of benzene rings is 1. The number of rotatable bonds is 7. The van der Waals surface area contributed by atoms with Crippen LogP contribution in [-0.4, -0.2) is 53.0 Å². The second-order valence-electron chi connectivity index (χ2n) is 7.98. The highest BCUT2D eigenvalue weighted by Gasteiger charge is 2.32. The van der Waals surface area contributed by atoms with Crippen molar-refractivity contribution in [3.8, 4) is 0 Å². The van der Waals surface area contributed by atoms with Crippen LogP contribution in [0.15, 0.2) is 29.2 Å². The van der Waals surface area contributed by atoms with Crippen LogP contribution < -0.4 is 4.90 Å². The molecule has 0 radical (unpaired) electrons. The Balaban J connectivity index is 1.67. The van der Waals surface area contributed by atoms with E-state index < -0.39 is 0 Å². The standard InChI is InChI=1S/C24H29N3O2S2/c1-3-29-14-8-13-27-23(28)20(31-24(27)30)16-19-15-18-10-7-9-17(2)21(18)25-22(19)26-11-5-4-6-12-26/h7,9-10,15-16H,3-6,8,11-14H2,1-2H3/b20-16-. The Morgan fingerprint density at radius 1 is 1.26 bits per heavy atom. The van der Waals surface area contributed by atoms with Crippen molar-refractivity contribution in [2.24, 2.45) is 0 Å². The molecule has 3 heterocycles. The number of carbonyl (C=O) groups excluding carboxylic acids is 1. The number of ether oxygens (including phenoxy) is 1. The topological polar surface area (TPSA) is 45.7 Å². The lowest BCUT2D eigenvalue weighted by atomic mass is 10.1. The minimum Gasteiger partial charge on any atom is -0.382 e. The van der Waals surface area contributed by atoms with E-state index in [0.29, 0.717) is 29.0 Å². The zero-order valence-corrected chi connectivity index (χ0v) is 19.9. The highest BCUT2D eigenvalue weighted by atomic mass is 32.2. The fourth-order valence-corrected chi connectivity index (χ4v) is 5.42. The average molecular weight is 456 g/mol. The molecule has 2 saturated heterocycles. The molecule has 2 aliphatic rings. The van der Waals surface area contributed by atoms with E-state index in [1.807, 2.05) is 13.0 Å². The van der Waals surface area contributed by atoms with Crippen molar-refractivity contribution in [1.82, 2.24) is 9.88 Å². The fourth-order valence-electron chi connectivity index (χ4n) is 4.12. The number of carbonyl (C=O) groups is 1. The number of hydrogen-bond donors (Lipinski definition) is 0. The van der Waals surface area contributed by atoms with Crippen molar-refractivity contribution in [1.29, 1.82) is 0 Å². The van der Waals surface area contributed by atoms with Crippen LogP contribution in [0.1, 0.15) is 43.7 Å². The second-order valence-corrected chi connectivity index (χ2v) is 9.66. The van der Waals surface area contributed by atoms with E-state index in [9.17, 15) is 4.79 Å². The molecule has 4 rings (SSSR count). The maximum atomic E-state index is 13.1. The summed E-state index contributed by atoms with van der Waals surface area (Å²) < 4.78 is 6.03. The molecular formula is C24H29N3O2S2. The van der Waals surface area contributed by atoms with Crippen molar-refractivity contribution < 1.29 is 9.53 Å². The molecule has 1 amide bonds. The highest BCUT2D eigenvalue weighted by Crippen LogP contribution is 2.36. The lowest BCUT2D eigenvalue weighted by Crippen LogP contribution is -2.31. The van der Waals surface area contributed by atoms with Gasteiger partial charge < -0.3 is 9.64 Å². The van der Waals surface area contributed by atoms with Crippen LogP contribution in [0.3, 0.4) is 0 Å². The molecule has 0 spiro atoms. The summed E-state index contributed by atoms with van der Waals surface area (Å²) in [5, 5.41) is 1.10. The third-order valence-electron chi connectivity index (χ3n) is 5.75. The maximum Gasteiger partial charge on any atom is 0.266 e. The van der Waals surface area contributed by atoms with E-state index in [1.54, 1.807) is 4.90 Å². The van der Waals surface area contributed by atoms with Gasteiger partial charge in [0.1, 0.15) is 10.1 Å². The number of piperidine rings is 1. The number of nitrogens with zero attached hydrogens (tertiary/aromatic N) is 3. The van der Waals surface area contributed by atoms with E-state index in [2.05, 4.69) is 36.1 Å². The third kappa shape index (κ3) is 4.94. The Kier molecular flexibility index (Phi) is 7.25. The van der Waals surface area contributed by atoms with Gasteiger partial charge in [-0.25, -0.2) is 4.98 Å². The largest absolute Gasteiger partial charge is 0.382 e. The first-order chi connectivity index (χ1) is 15.1. The van der Waals surface area contributed by atoms with Gasteiger partial charge >= 0.3 is 0 Å². The highest BCUT2D eigenvalue weighted by molar-refractivity contribution is 8.26. The molecule has 0 aliphatic carbocycles. The fraction of sp³-hybridized carbons (Fsp3) is 0.458. The molecular weight excluding hydrogens is 426 g/mol. The Morgan fingerprint density at radius 2 is 2.06 bits per heavy atom. The van der Waals surface area contributed by atoms with E-state index in [0.717, 1.165) is 41.8 Å². The lowest BCUT2D eigenvalue weighted by molar-refractivity contribution is -0.122. The summed E-state index contributed by atoms with van der Waals surface area (Å²) >= 11 is 6.89. The lowest BCUT2D eigenvalue weighted by Gasteiger charge is -2.29. The summed E-state index contributed by atoms with van der Waals surface area (Å²) in [5.41, 5.74) is 3.20. The molecule has 2 aromatic rings. The molecule has 31 heavy (non-hydrogen) atoms. The average Bonchev–Trinajstić information content (AvgIpc) is 3.04. The molecule has 1 aromatic heterocycles. The van der Waals surface area contributed by atoms with Crippen LogP contribution in [-0.2, 0) is 9.53 Å². The Morgan fingerprint density at radius 3 is 2.84 bits per heavy atom. The van der Waals surface area contributed by atoms with Crippen LogP contribution in [0.5, 0.6) is 0 Å². The molecule has 5 nitrogen and oxygen atoms in total. The van der Waals surface area contributed by atoms with Crippen molar-refractivity contribution in [3.05, 3.63) is 40.3 Å². The molecule has 2 fully saturated rings. The van der Waals surface area contributed by atoms with Crippen molar-refractivity contribution in [2.45, 2.75) is 39.5 Å². The zero-order valence-electron chi connectivity index (χ0n) is 18.2. The third-order valence-corrected chi connectivity index (χ3v) is 7.12. The number of pyridine rings is 1. The minimum absolute atomic E-state index is 0.0135. The van der Waals surface area contributed by atoms with Crippen LogP contribution in [0.2, 0.25) is 0 Å². The van der Waals surface area contributed by atoms with Gasteiger partial charge in [-0.1, -0.05) is 42.2 Å². The van der Waals surface area contributed by atoms with Gasteiger partial charge in [-0.2, -0.15) is 0 Å². The molecule has 0 saturated carbocycles. The van der Waals surface area contributed by atoms with Gasteiger partial charge in [0.05, 0.1) is 10.4 Å². The molecule has 0 bridgehead atoms. The molecule has 2 aliphatic heterocycles. The first kappa shape index (κ1) is 22.2. The van der Waals surface area contributed by atoms with Crippen molar-refractivity contribution in [2.75, 3.05) is 37.7 Å². The quantitative estimate of drug-likeness (QED) is 0.326. The summed E-state index contributed by atoms with van der Waals surface area (Å²) in [7, 11) is 0. The number of amides is 1. The van der Waals surface area contributed by atoms with Gasteiger partial charge in [0.25, 0.3) is 5.91 Å². The van der Waals surface area contributed by atoms with E-state index >= 15 is 0 Å². The van der Waals surface area contributed by atoms with Gasteiger partial charge in [-0.15, -0.1) is 0 Å². The van der Waals surface area contributed by atoms with Crippen molar-refractivity contribution >= 4 is 57.0 Å². The SMILES string of the molecule is CCOCCCN1C(=O)/C(=C/c2cc3cccc(C)c3nc2N2CCCCC2)SC1=S. The van der Waals surface area contributed by atoms with Crippen LogP contribution in [0.25, 0.3) is 17.0 Å². The number of anilines is 1. The predicted octanol–water partition coefficient (Wildman–Crippen LogP) is 5.16. The zero-order chi connectivity index (χ0) is 21.8. The number of thioether (sulfide) groups is 1. The minimum atomic E-state index is -0.0135. The Bertz CT molecular complexity index is 1020. The van der Waals surface area contributed by atoms with Gasteiger partial charge in [0.15, 0.2) is 0 Å². The number of aryl methyl sites for hydroxylation is 1. The molecule has 7 heteroatoms. The number of thiocarbonyl (C=S) groups is 1. The van der Waals surface area contributed by atoms with E-state index in [1.165, 1.54) is 36.6 Å². The molecule has 1 aromatic carbocycles. The van der Waals surface area contributed by atoms with Crippen LogP contribution >= 0.6 is 24.0 Å². The van der Waals surface area contributed by atoms with E-state index in [-0.39, 0.29) is 5.91 Å². The predicted molar refractivity (Wildman–Crippen MR) is 134 cm³/mol. The number of hydrogen-bond acceptors (Lipinski definition) is 6. The smallest absolute Gasteiger partial charge is 0.266 e. The molecule has 0 N–H and O–H groups in total. The summed E-state index contributed by atoms with van der Waals surface area (Å²) in [6.07, 6.45) is 6.38. The number of para-hydroxylation sites is 1. The van der Waals surface area contributed by atoms with Crippen LogP contribution in [0.4, 0.5) is 5.82 Å². The first-order valence-electron chi connectivity index (χ1n) is 11.1. The normalized spacial score (nSPS) is 18.6. The second kappa shape index (κ2) is 10.1. The van der Waals surface area contributed by atoms with Gasteiger partial charge in [0.2, 0.25) is 0 Å². The molecule has 0 atom stereocenters. The molecule has 0 unspecified atom stereocenters. The Hall–Kier alpha value is -1.96. The van der Waals surface area contributed by atoms with E-state index in [4.69, 9.17) is 21.9 Å². The first-order valence-corrected chi connectivity index (χ1v) is 12.3. The number of fused-ring (bicyclic) bond motifs is 1. The maximum absolute atomic E-state index is 13.1. The number of aromatic nitrogens is 1. The summed E-state index contributed by atoms with van der Waals surface area (Å²) in [6, 6.07) is 8.41. The van der Waals surface area contributed by atoms with Gasteiger partial charge in [-0.05, 0) is 57.2 Å². The van der Waals surface area contributed by atoms with Gasteiger partial charge in [-0.3, -0.25) is 9.69 Å². The summed E-state index contributed by atoms with van der Waals surface area (Å²) in [6.45, 7) is 8.00.